The summed E-state index contributed by atoms with van der Waals surface area (Å²) in [6.45, 7) is 3.34. The lowest BCUT2D eigenvalue weighted by molar-refractivity contribution is -0.137. The van der Waals surface area contributed by atoms with Crippen LogP contribution in [0.25, 0.3) is 0 Å². The molecule has 1 nitrogen and oxygen atoms in total. The standard InChI is InChI=1S/C9H5F3N/c1-6-4-8(9(10,11)12)3-2-7(6)5-13/h2-4H,1H2. The minimum Gasteiger partial charge on any atom is -0.192 e. The van der Waals surface area contributed by atoms with Crippen LogP contribution in [0, 0.1) is 18.3 Å². The maximum atomic E-state index is 12.1. The lowest BCUT2D eigenvalue weighted by Crippen LogP contribution is -2.05. The molecule has 0 saturated heterocycles. The quantitative estimate of drug-likeness (QED) is 0.608. The molecule has 0 spiro atoms. The predicted molar refractivity (Wildman–Crippen MR) is 40.6 cm³/mol. The minimum absolute atomic E-state index is 0.0947. The van der Waals surface area contributed by atoms with Gasteiger partial charge in [0, 0.05) is 0 Å². The van der Waals surface area contributed by atoms with Crippen molar-refractivity contribution in [3.8, 4) is 6.07 Å². The maximum absolute atomic E-state index is 12.1. The van der Waals surface area contributed by atoms with Gasteiger partial charge in [-0.1, -0.05) is 0 Å². The number of halogens is 3. The second kappa shape index (κ2) is 3.09. The summed E-state index contributed by atoms with van der Waals surface area (Å²) in [5.74, 6) is 0. The van der Waals surface area contributed by atoms with E-state index in [9.17, 15) is 13.2 Å². The first kappa shape index (κ1) is 9.59. The Morgan fingerprint density at radius 3 is 2.31 bits per heavy atom. The van der Waals surface area contributed by atoms with E-state index in [4.69, 9.17) is 5.26 Å². The van der Waals surface area contributed by atoms with Gasteiger partial charge in [-0.15, -0.1) is 0 Å². The van der Waals surface area contributed by atoms with Crippen LogP contribution in [0.2, 0.25) is 0 Å². The first-order chi connectivity index (χ1) is 5.95. The van der Waals surface area contributed by atoms with Gasteiger partial charge in [0.25, 0.3) is 0 Å². The van der Waals surface area contributed by atoms with E-state index in [1.165, 1.54) is 0 Å². The number of hydrogen-bond donors (Lipinski definition) is 0. The van der Waals surface area contributed by atoms with Crippen molar-refractivity contribution in [2.45, 2.75) is 6.18 Å². The lowest BCUT2D eigenvalue weighted by Gasteiger charge is -2.07. The third-order valence-corrected chi connectivity index (χ3v) is 1.55. The molecule has 0 N–H and O–H groups in total. The van der Waals surface area contributed by atoms with Crippen molar-refractivity contribution < 1.29 is 13.2 Å². The highest BCUT2D eigenvalue weighted by atomic mass is 19.4. The first-order valence-corrected chi connectivity index (χ1v) is 3.38. The van der Waals surface area contributed by atoms with E-state index >= 15 is 0 Å². The van der Waals surface area contributed by atoms with Crippen LogP contribution in [0.5, 0.6) is 0 Å². The summed E-state index contributed by atoms with van der Waals surface area (Å²) in [5.41, 5.74) is -0.526. The number of nitriles is 1. The van der Waals surface area contributed by atoms with Gasteiger partial charge in [-0.3, -0.25) is 0 Å². The molecule has 67 valence electrons. The van der Waals surface area contributed by atoms with Crippen molar-refractivity contribution in [2.75, 3.05) is 0 Å². The lowest BCUT2D eigenvalue weighted by atomic mass is 10.1. The molecule has 0 bridgehead atoms. The zero-order chi connectivity index (χ0) is 10.1. The highest BCUT2D eigenvalue weighted by Crippen LogP contribution is 2.30. The van der Waals surface area contributed by atoms with E-state index in [-0.39, 0.29) is 11.1 Å². The summed E-state index contributed by atoms with van der Waals surface area (Å²) < 4.78 is 36.3. The summed E-state index contributed by atoms with van der Waals surface area (Å²) in [7, 11) is 0. The van der Waals surface area contributed by atoms with E-state index < -0.39 is 11.7 Å². The molecule has 1 radical (unpaired) electrons. The molecule has 0 fully saturated rings. The molecule has 0 aliphatic heterocycles. The van der Waals surface area contributed by atoms with Gasteiger partial charge in [0.1, 0.15) is 0 Å². The third kappa shape index (κ3) is 2.00. The largest absolute Gasteiger partial charge is 0.416 e. The number of rotatable bonds is 0. The van der Waals surface area contributed by atoms with Crippen LogP contribution in [0.3, 0.4) is 0 Å². The van der Waals surface area contributed by atoms with Crippen molar-refractivity contribution >= 4 is 0 Å². The van der Waals surface area contributed by atoms with Gasteiger partial charge >= 0.3 is 6.18 Å². The Hall–Kier alpha value is -1.50. The summed E-state index contributed by atoms with van der Waals surface area (Å²) in [4.78, 5) is 0. The van der Waals surface area contributed by atoms with Gasteiger partial charge in [-0.25, -0.2) is 0 Å². The van der Waals surface area contributed by atoms with Crippen LogP contribution in [0.4, 0.5) is 13.2 Å². The molecule has 0 aliphatic rings. The fraction of sp³-hybridized carbons (Fsp3) is 0.111. The molecule has 13 heavy (non-hydrogen) atoms. The molecule has 1 aromatic carbocycles. The number of nitrogens with zero attached hydrogens (tertiary/aromatic N) is 1. The van der Waals surface area contributed by atoms with Gasteiger partial charge in [-0.05, 0) is 30.7 Å². The van der Waals surface area contributed by atoms with Gasteiger partial charge in [0.05, 0.1) is 17.2 Å². The molecule has 1 aromatic rings. The van der Waals surface area contributed by atoms with E-state index in [1.807, 2.05) is 0 Å². The van der Waals surface area contributed by atoms with Crippen LogP contribution in [-0.4, -0.2) is 0 Å². The van der Waals surface area contributed by atoms with Crippen molar-refractivity contribution in [2.24, 2.45) is 0 Å². The molecule has 1 rings (SSSR count). The average molecular weight is 184 g/mol. The number of alkyl halides is 3. The third-order valence-electron chi connectivity index (χ3n) is 1.55. The van der Waals surface area contributed by atoms with Gasteiger partial charge in [0.15, 0.2) is 0 Å². The van der Waals surface area contributed by atoms with Gasteiger partial charge < -0.3 is 0 Å². The van der Waals surface area contributed by atoms with Gasteiger partial charge in [-0.2, -0.15) is 18.4 Å². The molecule has 0 unspecified atom stereocenters. The van der Waals surface area contributed by atoms with Crippen LogP contribution in [0.15, 0.2) is 18.2 Å². The van der Waals surface area contributed by atoms with Crippen LogP contribution in [-0.2, 0) is 6.18 Å². The first-order valence-electron chi connectivity index (χ1n) is 3.38. The molecule has 4 heteroatoms. The van der Waals surface area contributed by atoms with E-state index in [2.05, 4.69) is 6.92 Å². The number of hydrogen-bond acceptors (Lipinski definition) is 1. The van der Waals surface area contributed by atoms with E-state index in [0.717, 1.165) is 18.2 Å². The summed E-state index contributed by atoms with van der Waals surface area (Å²) in [6.07, 6.45) is -4.37. The van der Waals surface area contributed by atoms with E-state index in [1.54, 1.807) is 6.07 Å². The Morgan fingerprint density at radius 1 is 1.31 bits per heavy atom. The Labute approximate surface area is 73.4 Å². The second-order valence-corrected chi connectivity index (χ2v) is 2.48. The monoisotopic (exact) mass is 184 g/mol. The molecule has 0 aliphatic carbocycles. The fourth-order valence-corrected chi connectivity index (χ4v) is 0.879. The Bertz CT molecular complexity index is 360. The molecule has 0 atom stereocenters. The molecule has 0 saturated carbocycles. The highest BCUT2D eigenvalue weighted by molar-refractivity contribution is 5.42. The Morgan fingerprint density at radius 2 is 1.92 bits per heavy atom. The fourth-order valence-electron chi connectivity index (χ4n) is 0.879. The molecule has 0 heterocycles. The molecule has 0 amide bonds. The predicted octanol–water partition coefficient (Wildman–Crippen LogP) is 2.76. The van der Waals surface area contributed by atoms with E-state index in [0.29, 0.717) is 0 Å². The zero-order valence-electron chi connectivity index (χ0n) is 6.52. The minimum atomic E-state index is -4.37. The SMILES string of the molecule is [CH2]c1cc(C(F)(F)F)ccc1C#N. The van der Waals surface area contributed by atoms with Crippen molar-refractivity contribution in [3.05, 3.63) is 41.8 Å². The smallest absolute Gasteiger partial charge is 0.192 e. The van der Waals surface area contributed by atoms with Crippen LogP contribution < -0.4 is 0 Å². The maximum Gasteiger partial charge on any atom is 0.416 e. The van der Waals surface area contributed by atoms with Crippen molar-refractivity contribution in [1.82, 2.24) is 0 Å². The molecule has 0 aromatic heterocycles. The molecular formula is C9H5F3N. The van der Waals surface area contributed by atoms with Crippen molar-refractivity contribution in [1.29, 1.82) is 5.26 Å². The van der Waals surface area contributed by atoms with Crippen LogP contribution in [0.1, 0.15) is 16.7 Å². The highest BCUT2D eigenvalue weighted by Gasteiger charge is 2.30. The second-order valence-electron chi connectivity index (χ2n) is 2.48. The average Bonchev–Trinajstić information content (AvgIpc) is 2.02. The summed E-state index contributed by atoms with van der Waals surface area (Å²) in [6, 6.07) is 4.59. The van der Waals surface area contributed by atoms with Gasteiger partial charge in [0.2, 0.25) is 0 Å². The summed E-state index contributed by atoms with van der Waals surface area (Å²) >= 11 is 0. The summed E-state index contributed by atoms with van der Waals surface area (Å²) in [5, 5.41) is 8.44. The van der Waals surface area contributed by atoms with Crippen molar-refractivity contribution in [3.63, 3.8) is 0 Å². The normalized spacial score (nSPS) is 11.0. The topological polar surface area (TPSA) is 23.8 Å². The Kier molecular flexibility index (Phi) is 2.28. The number of benzene rings is 1. The molecular weight excluding hydrogens is 179 g/mol. The van der Waals surface area contributed by atoms with Crippen LogP contribution >= 0.6 is 0 Å². The zero-order valence-corrected chi connectivity index (χ0v) is 6.52. The Balaban J connectivity index is 3.20.